The number of carbonyl (C=O) groups excluding carboxylic acids is 1. The molecule has 0 radical (unpaired) electrons. The first-order chi connectivity index (χ1) is 15.4. The molecule has 3 aromatic rings. The molecule has 0 saturated carbocycles. The minimum atomic E-state index is -3.86. The third-order valence-corrected chi connectivity index (χ3v) is 7.68. The van der Waals surface area contributed by atoms with Gasteiger partial charge in [-0.1, -0.05) is 36.4 Å². The molecule has 1 atom stereocenters. The molecular formula is C24H26N2O5S. The van der Waals surface area contributed by atoms with Crippen LogP contribution >= 0.6 is 0 Å². The van der Waals surface area contributed by atoms with E-state index in [1.54, 1.807) is 12.1 Å². The molecule has 1 N–H and O–H groups in total. The molecule has 0 unspecified atom stereocenters. The first-order valence-electron chi connectivity index (χ1n) is 10.4. The van der Waals surface area contributed by atoms with Crippen LogP contribution in [0.3, 0.4) is 0 Å². The molecule has 8 heteroatoms. The SMILES string of the molecule is COc1ccc(OC)c(S(=O)(=O)N2CCC[C@H](C(=O)Nc3cccc4ccccc34)C2)c1. The fourth-order valence-electron chi connectivity index (χ4n) is 4.07. The van der Waals surface area contributed by atoms with Crippen molar-refractivity contribution in [3.63, 3.8) is 0 Å². The van der Waals surface area contributed by atoms with Crippen molar-refractivity contribution in [2.75, 3.05) is 32.6 Å². The zero-order chi connectivity index (χ0) is 22.7. The minimum Gasteiger partial charge on any atom is -0.497 e. The number of ether oxygens (including phenoxy) is 2. The zero-order valence-electron chi connectivity index (χ0n) is 18.1. The second-order valence-electron chi connectivity index (χ2n) is 7.73. The number of sulfonamides is 1. The second kappa shape index (κ2) is 9.18. The normalized spacial score (nSPS) is 17.1. The van der Waals surface area contributed by atoms with Gasteiger partial charge in [-0.15, -0.1) is 0 Å². The number of hydrogen-bond acceptors (Lipinski definition) is 5. The largest absolute Gasteiger partial charge is 0.497 e. The Balaban J connectivity index is 1.56. The lowest BCUT2D eigenvalue weighted by atomic mass is 9.98. The number of carbonyl (C=O) groups is 1. The van der Waals surface area contributed by atoms with E-state index < -0.39 is 15.9 Å². The number of nitrogens with zero attached hydrogens (tertiary/aromatic N) is 1. The minimum absolute atomic E-state index is 0.0365. The van der Waals surface area contributed by atoms with Crippen molar-refractivity contribution in [2.24, 2.45) is 5.92 Å². The maximum Gasteiger partial charge on any atom is 0.246 e. The van der Waals surface area contributed by atoms with E-state index in [4.69, 9.17) is 9.47 Å². The van der Waals surface area contributed by atoms with E-state index in [9.17, 15) is 13.2 Å². The Morgan fingerprint density at radius 3 is 2.59 bits per heavy atom. The smallest absolute Gasteiger partial charge is 0.246 e. The summed E-state index contributed by atoms with van der Waals surface area (Å²) in [5, 5.41) is 4.98. The fraction of sp³-hybridized carbons (Fsp3) is 0.292. The van der Waals surface area contributed by atoms with Gasteiger partial charge in [0, 0.05) is 30.2 Å². The summed E-state index contributed by atoms with van der Waals surface area (Å²) >= 11 is 0. The van der Waals surface area contributed by atoms with Crippen molar-refractivity contribution in [1.29, 1.82) is 0 Å². The van der Waals surface area contributed by atoms with E-state index in [1.165, 1.54) is 24.6 Å². The lowest BCUT2D eigenvalue weighted by Gasteiger charge is -2.31. The Bertz CT molecular complexity index is 1240. The molecule has 0 aliphatic carbocycles. The molecule has 1 aliphatic heterocycles. The molecule has 1 heterocycles. The topological polar surface area (TPSA) is 84.9 Å². The lowest BCUT2D eigenvalue weighted by molar-refractivity contribution is -0.120. The average Bonchev–Trinajstić information content (AvgIpc) is 2.84. The van der Waals surface area contributed by atoms with Crippen molar-refractivity contribution >= 4 is 32.4 Å². The van der Waals surface area contributed by atoms with Gasteiger partial charge in [0.05, 0.1) is 20.1 Å². The van der Waals surface area contributed by atoms with E-state index in [-0.39, 0.29) is 23.1 Å². The summed E-state index contributed by atoms with van der Waals surface area (Å²) in [5.74, 6) is 0.0349. The van der Waals surface area contributed by atoms with Crippen molar-refractivity contribution in [3.05, 3.63) is 60.7 Å². The Morgan fingerprint density at radius 1 is 1.03 bits per heavy atom. The molecule has 0 aromatic heterocycles. The lowest BCUT2D eigenvalue weighted by Crippen LogP contribution is -2.43. The molecule has 4 rings (SSSR count). The first-order valence-corrected chi connectivity index (χ1v) is 11.9. The number of fused-ring (bicyclic) bond motifs is 1. The monoisotopic (exact) mass is 454 g/mol. The summed E-state index contributed by atoms with van der Waals surface area (Å²) in [5.41, 5.74) is 0.725. The molecule has 1 fully saturated rings. The van der Waals surface area contributed by atoms with Crippen LogP contribution < -0.4 is 14.8 Å². The predicted octanol–water partition coefficient (Wildman–Crippen LogP) is 3.90. The van der Waals surface area contributed by atoms with Crippen LogP contribution in [0.2, 0.25) is 0 Å². The van der Waals surface area contributed by atoms with Crippen LogP contribution in [0.4, 0.5) is 5.69 Å². The van der Waals surface area contributed by atoms with E-state index in [2.05, 4.69) is 5.32 Å². The van der Waals surface area contributed by atoms with Gasteiger partial charge in [-0.2, -0.15) is 4.31 Å². The molecule has 7 nitrogen and oxygen atoms in total. The zero-order valence-corrected chi connectivity index (χ0v) is 18.9. The standard InChI is InChI=1S/C24H26N2O5S/c1-30-19-12-13-22(31-2)23(15-19)32(28,29)26-14-6-9-18(16-26)24(27)25-21-11-5-8-17-7-3-4-10-20(17)21/h3-5,7-8,10-13,15,18H,6,9,14,16H2,1-2H3,(H,25,27)/t18-/m0/s1. The van der Waals surface area contributed by atoms with Crippen LogP contribution in [0.25, 0.3) is 10.8 Å². The quantitative estimate of drug-likeness (QED) is 0.611. The van der Waals surface area contributed by atoms with E-state index >= 15 is 0 Å². The van der Waals surface area contributed by atoms with Gasteiger partial charge in [0.25, 0.3) is 0 Å². The number of amides is 1. The molecule has 1 saturated heterocycles. The summed E-state index contributed by atoms with van der Waals surface area (Å²) in [7, 11) is -0.956. The van der Waals surface area contributed by atoms with Crippen molar-refractivity contribution in [1.82, 2.24) is 4.31 Å². The number of hydrogen-bond donors (Lipinski definition) is 1. The van der Waals surface area contributed by atoms with E-state index in [0.29, 0.717) is 25.1 Å². The van der Waals surface area contributed by atoms with E-state index in [1.807, 2.05) is 42.5 Å². The summed E-state index contributed by atoms with van der Waals surface area (Å²) in [6.07, 6.45) is 1.22. The van der Waals surface area contributed by atoms with Crippen LogP contribution in [0.5, 0.6) is 11.5 Å². The predicted molar refractivity (Wildman–Crippen MR) is 124 cm³/mol. The van der Waals surface area contributed by atoms with E-state index in [0.717, 1.165) is 16.5 Å². The van der Waals surface area contributed by atoms with Gasteiger partial charge in [-0.25, -0.2) is 8.42 Å². The third kappa shape index (κ3) is 4.28. The molecule has 0 bridgehead atoms. The number of benzene rings is 3. The molecule has 3 aromatic carbocycles. The average molecular weight is 455 g/mol. The van der Waals surface area contributed by atoms with Crippen molar-refractivity contribution < 1.29 is 22.7 Å². The van der Waals surface area contributed by atoms with Crippen LogP contribution in [0.15, 0.2) is 65.6 Å². The van der Waals surface area contributed by atoms with Crippen molar-refractivity contribution in [3.8, 4) is 11.5 Å². The summed E-state index contributed by atoms with van der Waals surface area (Å²) in [6, 6.07) is 18.2. The second-order valence-corrected chi connectivity index (χ2v) is 9.64. The van der Waals surface area contributed by atoms with Crippen molar-refractivity contribution in [2.45, 2.75) is 17.7 Å². The summed E-state index contributed by atoms with van der Waals surface area (Å²) in [6.45, 7) is 0.458. The highest BCUT2D eigenvalue weighted by Crippen LogP contribution is 2.33. The van der Waals surface area contributed by atoms with Gasteiger partial charge in [0.2, 0.25) is 15.9 Å². The van der Waals surface area contributed by atoms with Gasteiger partial charge in [-0.3, -0.25) is 4.79 Å². The number of anilines is 1. The number of nitrogens with one attached hydrogen (secondary N) is 1. The highest BCUT2D eigenvalue weighted by Gasteiger charge is 2.35. The fourth-order valence-corrected chi connectivity index (χ4v) is 5.76. The summed E-state index contributed by atoms with van der Waals surface area (Å²) < 4.78 is 38.6. The Hall–Kier alpha value is -3.10. The maximum absolute atomic E-state index is 13.4. The molecule has 1 aliphatic rings. The van der Waals surface area contributed by atoms with Crippen LogP contribution in [-0.4, -0.2) is 45.9 Å². The molecule has 32 heavy (non-hydrogen) atoms. The molecule has 168 valence electrons. The van der Waals surface area contributed by atoms with Gasteiger partial charge in [-0.05, 0) is 36.4 Å². The Morgan fingerprint density at radius 2 is 1.81 bits per heavy atom. The number of methoxy groups -OCH3 is 2. The summed E-state index contributed by atoms with van der Waals surface area (Å²) in [4.78, 5) is 13.1. The molecule has 1 amide bonds. The van der Waals surface area contributed by atoms with Gasteiger partial charge in [0.1, 0.15) is 16.4 Å². The first kappa shape index (κ1) is 22.1. The number of rotatable bonds is 6. The van der Waals surface area contributed by atoms with Gasteiger partial charge >= 0.3 is 0 Å². The van der Waals surface area contributed by atoms with Gasteiger partial charge < -0.3 is 14.8 Å². The van der Waals surface area contributed by atoms with Crippen LogP contribution in [0.1, 0.15) is 12.8 Å². The number of piperidine rings is 1. The third-order valence-electron chi connectivity index (χ3n) is 5.79. The van der Waals surface area contributed by atoms with Crippen LogP contribution in [0, 0.1) is 5.92 Å². The molecule has 0 spiro atoms. The maximum atomic E-state index is 13.4. The van der Waals surface area contributed by atoms with Crippen LogP contribution in [-0.2, 0) is 14.8 Å². The highest BCUT2D eigenvalue weighted by molar-refractivity contribution is 7.89. The Kier molecular flexibility index (Phi) is 6.34. The highest BCUT2D eigenvalue weighted by atomic mass is 32.2. The van der Waals surface area contributed by atoms with Gasteiger partial charge in [0.15, 0.2) is 0 Å². The molecular weight excluding hydrogens is 428 g/mol. The Labute approximate surface area is 188 Å².